The Morgan fingerprint density at radius 1 is 1.48 bits per heavy atom. The predicted octanol–water partition coefficient (Wildman–Crippen LogP) is 2.40. The van der Waals surface area contributed by atoms with Crippen LogP contribution < -0.4 is 10.6 Å². The molecule has 6 nitrogen and oxygen atoms in total. The molecule has 0 saturated carbocycles. The Bertz CT molecular complexity index is 519. The fourth-order valence-corrected chi connectivity index (χ4v) is 2.48. The molecule has 1 saturated heterocycles. The minimum absolute atomic E-state index is 0. The largest absolute Gasteiger partial charge is 0.352 e. The summed E-state index contributed by atoms with van der Waals surface area (Å²) in [5, 5.41) is 17.0. The molecule has 8 heteroatoms. The molecular weight excluding hydrogens is 317 g/mol. The summed E-state index contributed by atoms with van der Waals surface area (Å²) in [5.41, 5.74) is 0.0370. The van der Waals surface area contributed by atoms with Crippen LogP contribution in [0.2, 0.25) is 5.02 Å². The van der Waals surface area contributed by atoms with E-state index in [-0.39, 0.29) is 34.6 Å². The molecule has 0 bridgehead atoms. The van der Waals surface area contributed by atoms with Gasteiger partial charge in [-0.15, -0.1) is 12.4 Å². The van der Waals surface area contributed by atoms with Gasteiger partial charge in [-0.1, -0.05) is 11.6 Å². The van der Waals surface area contributed by atoms with Crippen LogP contribution in [0, 0.1) is 16.0 Å². The molecule has 1 aliphatic rings. The monoisotopic (exact) mass is 333 g/mol. The molecule has 1 amide bonds. The van der Waals surface area contributed by atoms with Crippen LogP contribution in [0.5, 0.6) is 0 Å². The Kier molecular flexibility index (Phi) is 6.87. The summed E-state index contributed by atoms with van der Waals surface area (Å²) >= 11 is 5.79. The molecule has 116 valence electrons. The number of nitrogens with zero attached hydrogens (tertiary/aromatic N) is 1. The number of halogens is 2. The van der Waals surface area contributed by atoms with Crippen molar-refractivity contribution in [2.75, 3.05) is 19.6 Å². The van der Waals surface area contributed by atoms with Gasteiger partial charge in [0.15, 0.2) is 0 Å². The van der Waals surface area contributed by atoms with Crippen LogP contribution in [-0.4, -0.2) is 30.5 Å². The number of benzene rings is 1. The van der Waals surface area contributed by atoms with Crippen molar-refractivity contribution in [2.45, 2.75) is 12.8 Å². The maximum Gasteiger partial charge on any atom is 0.271 e. The van der Waals surface area contributed by atoms with E-state index in [1.54, 1.807) is 0 Å². The van der Waals surface area contributed by atoms with Crippen LogP contribution >= 0.6 is 24.0 Å². The van der Waals surface area contributed by atoms with Crippen molar-refractivity contribution in [1.82, 2.24) is 10.6 Å². The topological polar surface area (TPSA) is 84.3 Å². The normalized spacial score (nSPS) is 17.7. The second-order valence-electron chi connectivity index (χ2n) is 4.88. The molecule has 0 aliphatic carbocycles. The molecule has 1 aromatic carbocycles. The molecule has 1 heterocycles. The molecule has 1 aromatic rings. The summed E-state index contributed by atoms with van der Waals surface area (Å²) in [7, 11) is 0. The van der Waals surface area contributed by atoms with Crippen LogP contribution in [0.4, 0.5) is 5.69 Å². The molecule has 1 atom stereocenters. The number of piperidine rings is 1. The van der Waals surface area contributed by atoms with Gasteiger partial charge in [0.05, 0.1) is 4.92 Å². The number of carbonyl (C=O) groups excluding carboxylic acids is 1. The van der Waals surface area contributed by atoms with Gasteiger partial charge in [-0.2, -0.15) is 0 Å². The van der Waals surface area contributed by atoms with Crippen LogP contribution in [-0.2, 0) is 0 Å². The van der Waals surface area contributed by atoms with Gasteiger partial charge in [-0.25, -0.2) is 0 Å². The van der Waals surface area contributed by atoms with E-state index in [1.807, 2.05) is 0 Å². The highest BCUT2D eigenvalue weighted by Crippen LogP contribution is 2.21. The summed E-state index contributed by atoms with van der Waals surface area (Å²) in [4.78, 5) is 22.2. The van der Waals surface area contributed by atoms with E-state index >= 15 is 0 Å². The van der Waals surface area contributed by atoms with Crippen molar-refractivity contribution in [1.29, 1.82) is 0 Å². The molecular formula is C13H17Cl2N3O3. The number of nitro groups is 1. The first-order chi connectivity index (χ1) is 9.56. The molecule has 1 aliphatic heterocycles. The van der Waals surface area contributed by atoms with Gasteiger partial charge in [0.25, 0.3) is 11.6 Å². The quantitative estimate of drug-likeness (QED) is 0.654. The van der Waals surface area contributed by atoms with Gasteiger partial charge in [-0.05, 0) is 37.9 Å². The first-order valence-corrected chi connectivity index (χ1v) is 6.88. The lowest BCUT2D eigenvalue weighted by Crippen LogP contribution is -2.38. The van der Waals surface area contributed by atoms with Crippen LogP contribution in [0.15, 0.2) is 18.2 Å². The number of hydrogen-bond donors (Lipinski definition) is 2. The smallest absolute Gasteiger partial charge is 0.271 e. The summed E-state index contributed by atoms with van der Waals surface area (Å²) < 4.78 is 0. The molecule has 2 N–H and O–H groups in total. The van der Waals surface area contributed by atoms with E-state index in [2.05, 4.69) is 10.6 Å². The fourth-order valence-electron chi connectivity index (χ4n) is 2.25. The number of nitrogens with one attached hydrogen (secondary N) is 2. The Morgan fingerprint density at radius 2 is 2.24 bits per heavy atom. The zero-order valence-electron chi connectivity index (χ0n) is 11.3. The van der Waals surface area contributed by atoms with Crippen molar-refractivity contribution in [3.63, 3.8) is 0 Å². The number of nitro benzene ring substituents is 1. The second kappa shape index (κ2) is 8.17. The predicted molar refractivity (Wildman–Crippen MR) is 83.3 cm³/mol. The first-order valence-electron chi connectivity index (χ1n) is 6.50. The lowest BCUT2D eigenvalue weighted by atomic mass is 9.99. The minimum atomic E-state index is -0.562. The third-order valence-electron chi connectivity index (χ3n) is 3.31. The third kappa shape index (κ3) is 5.15. The number of amides is 1. The van der Waals surface area contributed by atoms with E-state index in [0.29, 0.717) is 12.5 Å². The summed E-state index contributed by atoms with van der Waals surface area (Å²) in [6.07, 6.45) is 2.17. The molecule has 2 rings (SSSR count). The van der Waals surface area contributed by atoms with Crippen molar-refractivity contribution < 1.29 is 9.72 Å². The van der Waals surface area contributed by atoms with Crippen LogP contribution in [0.1, 0.15) is 23.2 Å². The molecule has 21 heavy (non-hydrogen) atoms. The van der Waals surface area contributed by atoms with E-state index in [1.165, 1.54) is 18.2 Å². The van der Waals surface area contributed by atoms with E-state index in [0.717, 1.165) is 25.9 Å². The lowest BCUT2D eigenvalue weighted by molar-refractivity contribution is -0.384. The van der Waals surface area contributed by atoms with Gasteiger partial charge in [-0.3, -0.25) is 14.9 Å². The summed E-state index contributed by atoms with van der Waals surface area (Å²) in [6.45, 7) is 2.47. The average Bonchev–Trinajstić information content (AvgIpc) is 2.45. The van der Waals surface area contributed by atoms with Crippen LogP contribution in [0.3, 0.4) is 0 Å². The Labute approximate surface area is 133 Å². The number of carbonyl (C=O) groups is 1. The Hall–Kier alpha value is -1.37. The zero-order valence-corrected chi connectivity index (χ0v) is 12.9. The van der Waals surface area contributed by atoms with Crippen molar-refractivity contribution in [3.05, 3.63) is 38.9 Å². The van der Waals surface area contributed by atoms with Crippen molar-refractivity contribution in [3.8, 4) is 0 Å². The van der Waals surface area contributed by atoms with Gasteiger partial charge >= 0.3 is 0 Å². The third-order valence-corrected chi connectivity index (χ3v) is 3.52. The SMILES string of the molecule is Cl.O=C(NCC1CCCNC1)c1cc(Cl)cc([N+](=O)[O-])c1. The minimum Gasteiger partial charge on any atom is -0.352 e. The van der Waals surface area contributed by atoms with Gasteiger partial charge in [0, 0.05) is 29.3 Å². The highest BCUT2D eigenvalue weighted by Gasteiger charge is 2.17. The standard InChI is InChI=1S/C13H16ClN3O3.ClH/c14-11-4-10(5-12(6-11)17(19)20)13(18)16-8-9-2-1-3-15-7-9;/h4-6,9,15H,1-3,7-8H2,(H,16,18);1H. The fraction of sp³-hybridized carbons (Fsp3) is 0.462. The molecule has 0 radical (unpaired) electrons. The summed E-state index contributed by atoms with van der Waals surface area (Å²) in [5.74, 6) is 0.0723. The maximum absolute atomic E-state index is 12.0. The van der Waals surface area contributed by atoms with Gasteiger partial charge in [0.1, 0.15) is 0 Å². The van der Waals surface area contributed by atoms with Gasteiger partial charge < -0.3 is 10.6 Å². The molecule has 0 aromatic heterocycles. The highest BCUT2D eigenvalue weighted by molar-refractivity contribution is 6.31. The second-order valence-corrected chi connectivity index (χ2v) is 5.31. The van der Waals surface area contributed by atoms with E-state index < -0.39 is 4.92 Å². The molecule has 0 spiro atoms. The van der Waals surface area contributed by atoms with E-state index in [4.69, 9.17) is 11.6 Å². The van der Waals surface area contributed by atoms with Crippen molar-refractivity contribution >= 4 is 35.6 Å². The number of non-ortho nitro benzene ring substituents is 1. The lowest BCUT2D eigenvalue weighted by Gasteiger charge is -2.22. The molecule has 1 fully saturated rings. The van der Waals surface area contributed by atoms with Crippen molar-refractivity contribution in [2.24, 2.45) is 5.92 Å². The Balaban J connectivity index is 0.00000220. The maximum atomic E-state index is 12.0. The first kappa shape index (κ1) is 17.7. The number of rotatable bonds is 4. The Morgan fingerprint density at radius 3 is 2.86 bits per heavy atom. The summed E-state index contributed by atoms with van der Waals surface area (Å²) in [6, 6.07) is 3.90. The average molecular weight is 334 g/mol. The van der Waals surface area contributed by atoms with E-state index in [9.17, 15) is 14.9 Å². The molecule has 1 unspecified atom stereocenters. The number of hydrogen-bond acceptors (Lipinski definition) is 4. The van der Waals surface area contributed by atoms with Gasteiger partial charge in [0.2, 0.25) is 0 Å². The highest BCUT2D eigenvalue weighted by atomic mass is 35.5. The van der Waals surface area contributed by atoms with Crippen LogP contribution in [0.25, 0.3) is 0 Å². The zero-order chi connectivity index (χ0) is 14.5.